The third-order valence-electron chi connectivity index (χ3n) is 6.65. The van der Waals surface area contributed by atoms with E-state index >= 15 is 0 Å². The molecule has 2 unspecified atom stereocenters. The number of hydrogen-bond acceptors (Lipinski definition) is 5. The number of hydrogen-bond donors (Lipinski definition) is 2. The van der Waals surface area contributed by atoms with E-state index in [1.54, 1.807) is 30.6 Å². The summed E-state index contributed by atoms with van der Waals surface area (Å²) in [6.45, 7) is 9.99. The van der Waals surface area contributed by atoms with Crippen LogP contribution < -0.4 is 10.6 Å². The maximum absolute atomic E-state index is 13.9. The number of carbonyl (C=O) groups is 3. The van der Waals surface area contributed by atoms with Crippen LogP contribution in [-0.4, -0.2) is 78.1 Å². The van der Waals surface area contributed by atoms with Gasteiger partial charge in [-0.15, -0.1) is 0 Å². The molecule has 3 rings (SSSR count). The van der Waals surface area contributed by atoms with Crippen LogP contribution in [0, 0.1) is 17.6 Å². The minimum atomic E-state index is -0.692. The van der Waals surface area contributed by atoms with Crippen LogP contribution in [0.4, 0.5) is 13.6 Å². The van der Waals surface area contributed by atoms with Gasteiger partial charge in [-0.1, -0.05) is 13.3 Å². The maximum Gasteiger partial charge on any atom is 0.410 e. The highest BCUT2D eigenvalue weighted by atomic mass is 19.1. The first-order chi connectivity index (χ1) is 17.4. The molecule has 206 valence electrons. The SMILES string of the molecule is CCCCN1CC(C(=O)NC(Cc2cc(F)cc(F)c2)C[C@H]2CNCCN2C(=O)OC(C)(C)C)CC1=O. The van der Waals surface area contributed by atoms with Crippen LogP contribution in [0.25, 0.3) is 0 Å². The van der Waals surface area contributed by atoms with E-state index in [1.807, 2.05) is 6.92 Å². The lowest BCUT2D eigenvalue weighted by atomic mass is 9.96. The van der Waals surface area contributed by atoms with Crippen molar-refractivity contribution in [2.24, 2.45) is 5.92 Å². The van der Waals surface area contributed by atoms with E-state index in [4.69, 9.17) is 4.74 Å². The first-order valence-electron chi connectivity index (χ1n) is 13.2. The van der Waals surface area contributed by atoms with Gasteiger partial charge in [0.1, 0.15) is 17.2 Å². The monoisotopic (exact) mass is 522 g/mol. The number of benzene rings is 1. The summed E-state index contributed by atoms with van der Waals surface area (Å²) in [5.41, 5.74) is -0.250. The molecule has 1 aromatic rings. The molecule has 0 bridgehead atoms. The average Bonchev–Trinajstić information content (AvgIpc) is 3.16. The van der Waals surface area contributed by atoms with Gasteiger partial charge >= 0.3 is 6.09 Å². The lowest BCUT2D eigenvalue weighted by Gasteiger charge is -2.39. The van der Waals surface area contributed by atoms with Crippen LogP contribution in [0.5, 0.6) is 0 Å². The lowest BCUT2D eigenvalue weighted by molar-refractivity contribution is -0.129. The van der Waals surface area contributed by atoms with Gasteiger partial charge in [0.05, 0.1) is 5.92 Å². The first-order valence-corrected chi connectivity index (χ1v) is 13.2. The van der Waals surface area contributed by atoms with Crippen LogP contribution in [0.3, 0.4) is 0 Å². The van der Waals surface area contributed by atoms with E-state index in [-0.39, 0.29) is 30.7 Å². The van der Waals surface area contributed by atoms with Gasteiger partial charge in [0.25, 0.3) is 0 Å². The Morgan fingerprint density at radius 3 is 2.57 bits per heavy atom. The molecule has 2 saturated heterocycles. The zero-order chi connectivity index (χ0) is 27.2. The van der Waals surface area contributed by atoms with Crippen LogP contribution in [-0.2, 0) is 20.7 Å². The Kier molecular flexibility index (Phi) is 9.87. The molecule has 10 heteroatoms. The Labute approximate surface area is 218 Å². The smallest absolute Gasteiger partial charge is 0.410 e. The molecule has 8 nitrogen and oxygen atoms in total. The number of likely N-dealkylation sites (tertiary alicyclic amines) is 1. The number of nitrogens with one attached hydrogen (secondary N) is 2. The van der Waals surface area contributed by atoms with E-state index in [2.05, 4.69) is 10.6 Å². The average molecular weight is 523 g/mol. The number of amides is 3. The third-order valence-corrected chi connectivity index (χ3v) is 6.65. The molecule has 37 heavy (non-hydrogen) atoms. The second kappa shape index (κ2) is 12.7. The molecule has 3 amide bonds. The van der Waals surface area contributed by atoms with Crippen molar-refractivity contribution >= 4 is 17.9 Å². The van der Waals surface area contributed by atoms with Crippen molar-refractivity contribution in [3.8, 4) is 0 Å². The highest BCUT2D eigenvalue weighted by Crippen LogP contribution is 2.22. The minimum absolute atomic E-state index is 0.0371. The van der Waals surface area contributed by atoms with Crippen molar-refractivity contribution in [2.75, 3.05) is 32.7 Å². The molecular formula is C27H40F2N4O4. The van der Waals surface area contributed by atoms with Gasteiger partial charge in [-0.2, -0.15) is 0 Å². The highest BCUT2D eigenvalue weighted by Gasteiger charge is 2.36. The Hall–Kier alpha value is -2.75. The number of ether oxygens (including phenoxy) is 1. The fourth-order valence-corrected chi connectivity index (χ4v) is 4.90. The number of carbonyl (C=O) groups excluding carboxylic acids is 3. The number of nitrogens with zero attached hydrogens (tertiary/aromatic N) is 2. The van der Waals surface area contributed by atoms with Crippen molar-refractivity contribution in [1.29, 1.82) is 0 Å². The van der Waals surface area contributed by atoms with Gasteiger partial charge in [0.2, 0.25) is 11.8 Å². The number of piperazine rings is 1. The van der Waals surface area contributed by atoms with Gasteiger partial charge < -0.3 is 25.2 Å². The predicted molar refractivity (Wildman–Crippen MR) is 136 cm³/mol. The normalized spacial score (nSPS) is 21.2. The second-order valence-corrected chi connectivity index (χ2v) is 11.0. The number of unbranched alkanes of at least 4 members (excludes halogenated alkanes) is 1. The largest absolute Gasteiger partial charge is 0.444 e. The third kappa shape index (κ3) is 8.66. The molecule has 2 N–H and O–H groups in total. The molecule has 0 radical (unpaired) electrons. The van der Waals surface area contributed by atoms with Gasteiger partial charge in [-0.3, -0.25) is 9.59 Å². The summed E-state index contributed by atoms with van der Waals surface area (Å²) < 4.78 is 33.4. The predicted octanol–water partition coefficient (Wildman–Crippen LogP) is 3.24. The molecule has 0 aliphatic carbocycles. The zero-order valence-electron chi connectivity index (χ0n) is 22.3. The van der Waals surface area contributed by atoms with Crippen molar-refractivity contribution < 1.29 is 27.9 Å². The molecule has 0 saturated carbocycles. The summed E-state index contributed by atoms with van der Waals surface area (Å²) >= 11 is 0. The van der Waals surface area contributed by atoms with Crippen molar-refractivity contribution in [3.63, 3.8) is 0 Å². The molecule has 2 fully saturated rings. The van der Waals surface area contributed by atoms with Crippen LogP contribution in [0.2, 0.25) is 0 Å². The molecular weight excluding hydrogens is 482 g/mol. The van der Waals surface area contributed by atoms with Crippen LogP contribution >= 0.6 is 0 Å². The number of rotatable bonds is 9. The Bertz CT molecular complexity index is 948. The molecule has 0 spiro atoms. The van der Waals surface area contributed by atoms with E-state index < -0.39 is 35.3 Å². The molecule has 2 heterocycles. The first kappa shape index (κ1) is 28.8. The van der Waals surface area contributed by atoms with Gasteiger partial charge in [-0.25, -0.2) is 13.6 Å². The van der Waals surface area contributed by atoms with Gasteiger partial charge in [-0.05, 0) is 57.7 Å². The molecule has 3 atom stereocenters. The quantitative estimate of drug-likeness (QED) is 0.520. The topological polar surface area (TPSA) is 91.0 Å². The summed E-state index contributed by atoms with van der Waals surface area (Å²) in [6.07, 6.45) is 2.08. The van der Waals surface area contributed by atoms with Crippen molar-refractivity contribution in [3.05, 3.63) is 35.4 Å². The Balaban J connectivity index is 1.76. The van der Waals surface area contributed by atoms with Crippen LogP contribution in [0.15, 0.2) is 18.2 Å². The molecule has 2 aliphatic heterocycles. The standard InChI is InChI=1S/C27H40F2N4O4/c1-5-6-8-32-17-19(13-24(32)34)25(35)31-22(12-18-10-20(28)14-21(29)11-18)15-23-16-30-7-9-33(23)26(36)37-27(2,3)4/h10-11,14,19,22-23,30H,5-9,12-13,15-17H2,1-4H3,(H,31,35)/t19?,22?,23-/m0/s1. The fraction of sp³-hybridized carbons (Fsp3) is 0.667. The second-order valence-electron chi connectivity index (χ2n) is 11.0. The zero-order valence-corrected chi connectivity index (χ0v) is 22.3. The summed E-state index contributed by atoms with van der Waals surface area (Å²) in [6, 6.07) is 2.50. The molecule has 0 aromatic heterocycles. The minimum Gasteiger partial charge on any atom is -0.444 e. The Morgan fingerprint density at radius 2 is 1.92 bits per heavy atom. The fourth-order valence-electron chi connectivity index (χ4n) is 4.90. The van der Waals surface area contributed by atoms with E-state index in [9.17, 15) is 23.2 Å². The van der Waals surface area contributed by atoms with E-state index in [1.165, 1.54) is 12.1 Å². The highest BCUT2D eigenvalue weighted by molar-refractivity contribution is 5.89. The number of halogens is 2. The van der Waals surface area contributed by atoms with E-state index in [0.29, 0.717) is 44.7 Å². The molecule has 1 aromatic carbocycles. The molecule has 2 aliphatic rings. The summed E-state index contributed by atoms with van der Waals surface area (Å²) in [7, 11) is 0. The summed E-state index contributed by atoms with van der Waals surface area (Å²) in [5, 5.41) is 6.31. The van der Waals surface area contributed by atoms with Crippen molar-refractivity contribution in [2.45, 2.75) is 77.5 Å². The van der Waals surface area contributed by atoms with Gasteiger partial charge in [0.15, 0.2) is 0 Å². The maximum atomic E-state index is 13.9. The van der Waals surface area contributed by atoms with Crippen molar-refractivity contribution in [1.82, 2.24) is 20.4 Å². The summed E-state index contributed by atoms with van der Waals surface area (Å²) in [5.74, 6) is -2.17. The summed E-state index contributed by atoms with van der Waals surface area (Å²) in [4.78, 5) is 41.9. The van der Waals surface area contributed by atoms with E-state index in [0.717, 1.165) is 18.9 Å². The van der Waals surface area contributed by atoms with Gasteiger partial charge in [0, 0.05) is 57.3 Å². The Morgan fingerprint density at radius 1 is 1.22 bits per heavy atom. The lowest BCUT2D eigenvalue weighted by Crippen LogP contribution is -2.57. The van der Waals surface area contributed by atoms with Crippen LogP contribution in [0.1, 0.15) is 58.9 Å².